The van der Waals surface area contributed by atoms with Gasteiger partial charge in [-0.3, -0.25) is 0 Å². The fourth-order valence-electron chi connectivity index (χ4n) is 2.08. The number of halogens is 1. The number of rotatable bonds is 1. The van der Waals surface area contributed by atoms with Crippen molar-refractivity contribution in [3.63, 3.8) is 0 Å². The predicted molar refractivity (Wildman–Crippen MR) is 70.6 cm³/mol. The predicted octanol–water partition coefficient (Wildman–Crippen LogP) is 2.35. The first-order valence-corrected chi connectivity index (χ1v) is 8.49. The molecule has 0 radical (unpaired) electrons. The minimum atomic E-state index is -2.95. The van der Waals surface area contributed by atoms with Crippen molar-refractivity contribution in [3.8, 4) is 0 Å². The highest BCUT2D eigenvalue weighted by molar-refractivity contribution is 9.10. The van der Waals surface area contributed by atoms with E-state index in [0.717, 1.165) is 9.35 Å². The van der Waals surface area contributed by atoms with Gasteiger partial charge in [-0.15, -0.1) is 11.3 Å². The van der Waals surface area contributed by atoms with E-state index in [1.165, 1.54) is 0 Å². The molecule has 90 valence electrons. The van der Waals surface area contributed by atoms with Crippen molar-refractivity contribution >= 4 is 37.1 Å². The number of nitrogens with one attached hydrogen (secondary N) is 1. The van der Waals surface area contributed by atoms with Gasteiger partial charge in [0.1, 0.15) is 0 Å². The molecule has 1 aromatic rings. The first kappa shape index (κ1) is 12.5. The number of thiophene rings is 1. The third-order valence-corrected chi connectivity index (χ3v) is 6.31. The maximum Gasteiger partial charge on any atom is 0.153 e. The fraction of sp³-hybridized carbons (Fsp3) is 0.600. The van der Waals surface area contributed by atoms with Crippen LogP contribution < -0.4 is 5.32 Å². The second kappa shape index (κ2) is 4.08. The normalized spacial score (nSPS) is 27.8. The molecule has 1 aliphatic rings. The third kappa shape index (κ3) is 2.85. The average Bonchev–Trinajstić information content (AvgIpc) is 2.45. The summed E-state index contributed by atoms with van der Waals surface area (Å²) in [6.07, 6.45) is 0. The van der Waals surface area contributed by atoms with Crippen molar-refractivity contribution in [1.29, 1.82) is 0 Å². The van der Waals surface area contributed by atoms with Gasteiger partial charge in [0, 0.05) is 20.3 Å². The molecule has 1 unspecified atom stereocenters. The maximum absolute atomic E-state index is 11.8. The van der Waals surface area contributed by atoms with E-state index in [0.29, 0.717) is 0 Å². The van der Waals surface area contributed by atoms with E-state index in [9.17, 15) is 8.42 Å². The van der Waals surface area contributed by atoms with Crippen LogP contribution in [0, 0.1) is 0 Å². The third-order valence-electron chi connectivity index (χ3n) is 2.50. The van der Waals surface area contributed by atoms with Gasteiger partial charge in [-0.25, -0.2) is 8.42 Å². The van der Waals surface area contributed by atoms with E-state index in [1.54, 1.807) is 11.3 Å². The number of sulfone groups is 1. The molecule has 2 rings (SSSR count). The van der Waals surface area contributed by atoms with Crippen molar-refractivity contribution < 1.29 is 8.42 Å². The molecule has 16 heavy (non-hydrogen) atoms. The van der Waals surface area contributed by atoms with Crippen LogP contribution in [0.3, 0.4) is 0 Å². The molecular weight excluding hydrogens is 310 g/mol. The van der Waals surface area contributed by atoms with Gasteiger partial charge in [0.2, 0.25) is 0 Å². The molecule has 1 fully saturated rings. The van der Waals surface area contributed by atoms with Gasteiger partial charge in [-0.05, 0) is 35.8 Å². The lowest BCUT2D eigenvalue weighted by Crippen LogP contribution is -2.53. The van der Waals surface area contributed by atoms with E-state index >= 15 is 0 Å². The van der Waals surface area contributed by atoms with Crippen LogP contribution in [0.25, 0.3) is 0 Å². The summed E-state index contributed by atoms with van der Waals surface area (Å²) < 4.78 is 24.6. The monoisotopic (exact) mass is 323 g/mol. The minimum absolute atomic E-state index is 0.0787. The van der Waals surface area contributed by atoms with Gasteiger partial charge in [-0.1, -0.05) is 0 Å². The van der Waals surface area contributed by atoms with Crippen LogP contribution in [0.4, 0.5) is 0 Å². The molecule has 0 aliphatic carbocycles. The van der Waals surface area contributed by atoms with Crippen molar-refractivity contribution in [1.82, 2.24) is 5.32 Å². The summed E-state index contributed by atoms with van der Waals surface area (Å²) >= 11 is 4.97. The Morgan fingerprint density at radius 2 is 2.25 bits per heavy atom. The lowest BCUT2D eigenvalue weighted by Gasteiger charge is -2.36. The molecule has 1 aliphatic heterocycles. The zero-order chi connectivity index (χ0) is 12.0. The van der Waals surface area contributed by atoms with Crippen LogP contribution in [0.5, 0.6) is 0 Å². The van der Waals surface area contributed by atoms with Crippen LogP contribution in [-0.4, -0.2) is 25.5 Å². The highest BCUT2D eigenvalue weighted by Crippen LogP contribution is 2.31. The lowest BCUT2D eigenvalue weighted by molar-refractivity contribution is 0.362. The Morgan fingerprint density at radius 3 is 2.75 bits per heavy atom. The molecule has 2 heterocycles. The van der Waals surface area contributed by atoms with Crippen molar-refractivity contribution in [2.45, 2.75) is 25.4 Å². The largest absolute Gasteiger partial charge is 0.302 e. The van der Waals surface area contributed by atoms with Crippen LogP contribution in [0.15, 0.2) is 15.9 Å². The van der Waals surface area contributed by atoms with Gasteiger partial charge in [0.15, 0.2) is 9.84 Å². The van der Waals surface area contributed by atoms with Crippen LogP contribution in [0.1, 0.15) is 24.8 Å². The summed E-state index contributed by atoms with van der Waals surface area (Å²) in [6, 6.07) is 1.91. The van der Waals surface area contributed by atoms with Crippen LogP contribution in [0.2, 0.25) is 0 Å². The van der Waals surface area contributed by atoms with E-state index in [2.05, 4.69) is 21.2 Å². The minimum Gasteiger partial charge on any atom is -0.302 e. The van der Waals surface area contributed by atoms with Crippen LogP contribution in [-0.2, 0) is 9.84 Å². The second-order valence-electron chi connectivity index (χ2n) is 4.80. The Hall–Kier alpha value is 0.0900. The van der Waals surface area contributed by atoms with E-state index in [-0.39, 0.29) is 23.1 Å². The topological polar surface area (TPSA) is 46.2 Å². The summed E-state index contributed by atoms with van der Waals surface area (Å²) in [6.45, 7) is 3.86. The maximum atomic E-state index is 11.8. The van der Waals surface area contributed by atoms with E-state index in [1.807, 2.05) is 25.3 Å². The first-order valence-electron chi connectivity index (χ1n) is 4.99. The highest BCUT2D eigenvalue weighted by Gasteiger charge is 2.37. The Bertz CT molecular complexity index is 493. The lowest BCUT2D eigenvalue weighted by atomic mass is 10.1. The molecule has 1 atom stereocenters. The summed E-state index contributed by atoms with van der Waals surface area (Å²) in [5.74, 6) is 0.409. The summed E-state index contributed by atoms with van der Waals surface area (Å²) in [7, 11) is -2.95. The first-order chi connectivity index (χ1) is 7.27. The molecule has 0 amide bonds. The smallest absolute Gasteiger partial charge is 0.153 e. The molecule has 1 aromatic heterocycles. The molecule has 0 aromatic carbocycles. The molecule has 0 bridgehead atoms. The SMILES string of the molecule is CC1(C)CS(=O)(=O)CC(c2cc(Br)cs2)N1. The Kier molecular flexibility index (Phi) is 3.20. The molecule has 0 spiro atoms. The number of hydrogen-bond donors (Lipinski definition) is 1. The van der Waals surface area contributed by atoms with Crippen molar-refractivity contribution in [3.05, 3.63) is 20.8 Å². The van der Waals surface area contributed by atoms with Gasteiger partial charge >= 0.3 is 0 Å². The quantitative estimate of drug-likeness (QED) is 0.862. The molecule has 0 saturated carbocycles. The van der Waals surface area contributed by atoms with Gasteiger partial charge in [0.05, 0.1) is 17.5 Å². The Balaban J connectivity index is 2.30. The van der Waals surface area contributed by atoms with Crippen molar-refractivity contribution in [2.75, 3.05) is 11.5 Å². The number of hydrogen-bond acceptors (Lipinski definition) is 4. The van der Waals surface area contributed by atoms with Gasteiger partial charge in [0.25, 0.3) is 0 Å². The fourth-order valence-corrected chi connectivity index (χ4v) is 5.76. The van der Waals surface area contributed by atoms with Gasteiger partial charge < -0.3 is 5.32 Å². The molecule has 6 heteroatoms. The zero-order valence-corrected chi connectivity index (χ0v) is 12.4. The Morgan fingerprint density at radius 1 is 1.56 bits per heavy atom. The molecule has 1 saturated heterocycles. The standard InChI is InChI=1S/C10H14BrNO2S2/c1-10(2)6-16(13,14)5-8(12-10)9-3-7(11)4-15-9/h3-4,8,12H,5-6H2,1-2H3. The second-order valence-corrected chi connectivity index (χ2v) is 8.77. The van der Waals surface area contributed by atoms with E-state index in [4.69, 9.17) is 0 Å². The molecular formula is C10H14BrNO2S2. The molecule has 3 nitrogen and oxygen atoms in total. The zero-order valence-electron chi connectivity index (χ0n) is 9.16. The molecule has 1 N–H and O–H groups in total. The van der Waals surface area contributed by atoms with Gasteiger partial charge in [-0.2, -0.15) is 0 Å². The van der Waals surface area contributed by atoms with Crippen LogP contribution >= 0.6 is 27.3 Å². The summed E-state index contributed by atoms with van der Waals surface area (Å²) in [5, 5.41) is 5.37. The van der Waals surface area contributed by atoms with Crippen molar-refractivity contribution in [2.24, 2.45) is 0 Å². The summed E-state index contributed by atoms with van der Waals surface area (Å²) in [5.41, 5.74) is -0.349. The average molecular weight is 324 g/mol. The van der Waals surface area contributed by atoms with E-state index < -0.39 is 9.84 Å². The Labute approximate surface area is 108 Å². The highest BCUT2D eigenvalue weighted by atomic mass is 79.9. The summed E-state index contributed by atoms with van der Waals surface area (Å²) in [4.78, 5) is 1.07.